The molecule has 1 N–H and O–H groups in total. The van der Waals surface area contributed by atoms with Crippen molar-refractivity contribution in [3.63, 3.8) is 0 Å². The lowest BCUT2D eigenvalue weighted by molar-refractivity contribution is 0.102. The lowest BCUT2D eigenvalue weighted by atomic mass is 10.2. The summed E-state index contributed by atoms with van der Waals surface area (Å²) in [7, 11) is 0. The van der Waals surface area contributed by atoms with Crippen LogP contribution in [0.3, 0.4) is 0 Å². The van der Waals surface area contributed by atoms with Gasteiger partial charge in [-0.15, -0.1) is 12.6 Å². The predicted octanol–water partition coefficient (Wildman–Crippen LogP) is 4.95. The topological polar surface area (TPSA) is 29.1 Å². The molecule has 19 heavy (non-hydrogen) atoms. The summed E-state index contributed by atoms with van der Waals surface area (Å²) in [6.45, 7) is 1.94. The zero-order chi connectivity index (χ0) is 14.0. The highest BCUT2D eigenvalue weighted by atomic mass is 79.9. The van der Waals surface area contributed by atoms with Crippen molar-refractivity contribution in [1.82, 2.24) is 0 Å². The van der Waals surface area contributed by atoms with Crippen LogP contribution in [0.15, 0.2) is 45.8 Å². The van der Waals surface area contributed by atoms with Crippen LogP contribution in [-0.4, -0.2) is 5.91 Å². The molecule has 0 saturated heterocycles. The van der Waals surface area contributed by atoms with E-state index >= 15 is 0 Å². The highest BCUT2D eigenvalue weighted by Gasteiger charge is 2.11. The number of amides is 1. The first-order valence-electron chi connectivity index (χ1n) is 5.53. The molecular formula is C14H11BrClNOS. The maximum Gasteiger partial charge on any atom is 0.256 e. The SMILES string of the molecule is Cc1ccc(Cl)c(NC(=O)c2ccc(Br)cc2S)c1. The fourth-order valence-corrected chi connectivity index (χ4v) is 2.64. The van der Waals surface area contributed by atoms with Crippen molar-refractivity contribution >= 4 is 51.8 Å². The van der Waals surface area contributed by atoms with Crippen LogP contribution in [-0.2, 0) is 0 Å². The number of halogens is 2. The van der Waals surface area contributed by atoms with Crippen molar-refractivity contribution in [2.24, 2.45) is 0 Å². The number of hydrogen-bond donors (Lipinski definition) is 2. The molecule has 98 valence electrons. The van der Waals surface area contributed by atoms with Gasteiger partial charge in [0.1, 0.15) is 0 Å². The molecule has 0 aromatic heterocycles. The largest absolute Gasteiger partial charge is 0.321 e. The van der Waals surface area contributed by atoms with Gasteiger partial charge in [-0.1, -0.05) is 33.6 Å². The molecule has 0 bridgehead atoms. The quantitative estimate of drug-likeness (QED) is 0.732. The molecule has 5 heteroatoms. The molecule has 2 aromatic carbocycles. The number of carbonyl (C=O) groups excluding carboxylic acids is 1. The summed E-state index contributed by atoms with van der Waals surface area (Å²) in [5, 5.41) is 3.30. The zero-order valence-corrected chi connectivity index (χ0v) is 13.3. The van der Waals surface area contributed by atoms with Crippen LogP contribution in [0.25, 0.3) is 0 Å². The zero-order valence-electron chi connectivity index (χ0n) is 10.1. The molecule has 0 radical (unpaired) electrons. The van der Waals surface area contributed by atoms with Gasteiger partial charge in [0.25, 0.3) is 5.91 Å². The molecule has 0 heterocycles. The van der Waals surface area contributed by atoms with Gasteiger partial charge in [0.2, 0.25) is 0 Å². The molecule has 0 atom stereocenters. The molecule has 0 saturated carbocycles. The van der Waals surface area contributed by atoms with Crippen LogP contribution in [0, 0.1) is 6.92 Å². The number of benzene rings is 2. The third-order valence-electron chi connectivity index (χ3n) is 2.57. The van der Waals surface area contributed by atoms with Gasteiger partial charge in [0.05, 0.1) is 16.3 Å². The Kier molecular flexibility index (Phi) is 4.55. The second kappa shape index (κ2) is 5.99. The van der Waals surface area contributed by atoms with Gasteiger partial charge in [-0.3, -0.25) is 4.79 Å². The summed E-state index contributed by atoms with van der Waals surface area (Å²) in [6, 6.07) is 10.8. The van der Waals surface area contributed by atoms with E-state index < -0.39 is 0 Å². The smallest absolute Gasteiger partial charge is 0.256 e. The van der Waals surface area contributed by atoms with E-state index in [1.807, 2.05) is 19.1 Å². The predicted molar refractivity (Wildman–Crippen MR) is 85.5 cm³/mol. The minimum atomic E-state index is -0.231. The second-order valence-corrected chi connectivity index (χ2v) is 5.90. The van der Waals surface area contributed by atoms with Crippen LogP contribution in [0.5, 0.6) is 0 Å². The van der Waals surface area contributed by atoms with Crippen LogP contribution in [0.2, 0.25) is 5.02 Å². The van der Waals surface area contributed by atoms with Crippen molar-refractivity contribution in [1.29, 1.82) is 0 Å². The molecule has 0 aliphatic heterocycles. The Morgan fingerprint density at radius 2 is 2.00 bits per heavy atom. The number of anilines is 1. The standard InChI is InChI=1S/C14H11BrClNOS/c1-8-2-5-11(16)12(6-8)17-14(18)10-4-3-9(15)7-13(10)19/h2-7,19H,1H3,(H,17,18). The summed E-state index contributed by atoms with van der Waals surface area (Å²) in [5.41, 5.74) is 2.13. The highest BCUT2D eigenvalue weighted by Crippen LogP contribution is 2.25. The number of aryl methyl sites for hydroxylation is 1. The van der Waals surface area contributed by atoms with Gasteiger partial charge < -0.3 is 5.32 Å². The van der Waals surface area contributed by atoms with E-state index in [2.05, 4.69) is 33.9 Å². The summed E-state index contributed by atoms with van der Waals surface area (Å²) in [6.07, 6.45) is 0. The molecule has 0 spiro atoms. The number of rotatable bonds is 2. The Balaban J connectivity index is 2.28. The first-order valence-corrected chi connectivity index (χ1v) is 7.15. The van der Waals surface area contributed by atoms with Crippen LogP contribution in [0.1, 0.15) is 15.9 Å². The number of hydrogen-bond acceptors (Lipinski definition) is 2. The number of thiol groups is 1. The Hall–Kier alpha value is -0.970. The van der Waals surface area contributed by atoms with Gasteiger partial charge in [-0.25, -0.2) is 0 Å². The van der Waals surface area contributed by atoms with Gasteiger partial charge in [0, 0.05) is 9.37 Å². The van der Waals surface area contributed by atoms with E-state index in [4.69, 9.17) is 11.6 Å². The third-order valence-corrected chi connectivity index (χ3v) is 3.77. The van der Waals surface area contributed by atoms with Crippen molar-refractivity contribution < 1.29 is 4.79 Å². The molecule has 1 amide bonds. The van der Waals surface area contributed by atoms with Crippen LogP contribution < -0.4 is 5.32 Å². The van der Waals surface area contributed by atoms with Gasteiger partial charge in [-0.05, 0) is 42.8 Å². The number of nitrogens with one attached hydrogen (secondary N) is 1. The molecular weight excluding hydrogens is 346 g/mol. The highest BCUT2D eigenvalue weighted by molar-refractivity contribution is 9.10. The third kappa shape index (κ3) is 3.53. The normalized spacial score (nSPS) is 10.3. The second-order valence-electron chi connectivity index (χ2n) is 4.10. The van der Waals surface area contributed by atoms with E-state index in [0.29, 0.717) is 21.2 Å². The molecule has 0 unspecified atom stereocenters. The lowest BCUT2D eigenvalue weighted by Gasteiger charge is -2.09. The maximum atomic E-state index is 12.2. The molecule has 2 aromatic rings. The summed E-state index contributed by atoms with van der Waals surface area (Å²) < 4.78 is 0.877. The van der Waals surface area contributed by atoms with Gasteiger partial charge in [-0.2, -0.15) is 0 Å². The lowest BCUT2D eigenvalue weighted by Crippen LogP contribution is -2.13. The van der Waals surface area contributed by atoms with Crippen LogP contribution in [0.4, 0.5) is 5.69 Å². The average Bonchev–Trinajstić information content (AvgIpc) is 2.33. The maximum absolute atomic E-state index is 12.2. The Morgan fingerprint density at radius 1 is 1.26 bits per heavy atom. The summed E-state index contributed by atoms with van der Waals surface area (Å²) in [4.78, 5) is 12.8. The molecule has 2 rings (SSSR count). The van der Waals surface area contributed by atoms with Crippen molar-refractivity contribution in [3.8, 4) is 0 Å². The van der Waals surface area contributed by atoms with Crippen molar-refractivity contribution in [3.05, 3.63) is 57.0 Å². The van der Waals surface area contributed by atoms with E-state index in [9.17, 15) is 4.79 Å². The Bertz CT molecular complexity index is 645. The monoisotopic (exact) mass is 355 g/mol. The van der Waals surface area contributed by atoms with E-state index in [1.165, 1.54) is 0 Å². The summed E-state index contributed by atoms with van der Waals surface area (Å²) >= 11 is 13.7. The molecule has 2 nitrogen and oxygen atoms in total. The average molecular weight is 357 g/mol. The van der Waals surface area contributed by atoms with E-state index in [1.54, 1.807) is 24.3 Å². The van der Waals surface area contributed by atoms with E-state index in [0.717, 1.165) is 10.0 Å². The number of carbonyl (C=O) groups is 1. The minimum Gasteiger partial charge on any atom is -0.321 e. The molecule has 0 fully saturated rings. The first kappa shape index (κ1) is 14.4. The fraction of sp³-hybridized carbons (Fsp3) is 0.0714. The van der Waals surface area contributed by atoms with Crippen molar-refractivity contribution in [2.45, 2.75) is 11.8 Å². The van der Waals surface area contributed by atoms with E-state index in [-0.39, 0.29) is 5.91 Å². The van der Waals surface area contributed by atoms with Gasteiger partial charge in [0.15, 0.2) is 0 Å². The Morgan fingerprint density at radius 3 is 2.68 bits per heavy atom. The Labute approximate surface area is 130 Å². The van der Waals surface area contributed by atoms with Crippen LogP contribution >= 0.6 is 40.2 Å². The minimum absolute atomic E-state index is 0.231. The summed E-state index contributed by atoms with van der Waals surface area (Å²) in [5.74, 6) is -0.231. The molecule has 0 aliphatic carbocycles. The van der Waals surface area contributed by atoms with Gasteiger partial charge >= 0.3 is 0 Å². The molecule has 0 aliphatic rings. The first-order chi connectivity index (χ1) is 8.97. The van der Waals surface area contributed by atoms with Crippen molar-refractivity contribution in [2.75, 3.05) is 5.32 Å². The fourth-order valence-electron chi connectivity index (χ4n) is 1.62.